The number of thioether (sulfide) groups is 1. The lowest BCUT2D eigenvalue weighted by molar-refractivity contribution is 0.423. The minimum absolute atomic E-state index is 0.0379. The van der Waals surface area contributed by atoms with Gasteiger partial charge in [-0.05, 0) is 50.1 Å². The number of benzene rings is 2. The van der Waals surface area contributed by atoms with Gasteiger partial charge in [-0.15, -0.1) is 11.8 Å². The third-order valence-corrected chi connectivity index (χ3v) is 7.82. The van der Waals surface area contributed by atoms with E-state index in [-0.39, 0.29) is 11.3 Å². The van der Waals surface area contributed by atoms with Crippen molar-refractivity contribution in [1.82, 2.24) is 4.72 Å². The highest BCUT2D eigenvalue weighted by Crippen LogP contribution is 2.35. The minimum Gasteiger partial charge on any atom is -0.207 e. The largest absolute Gasteiger partial charge is 0.240 e. The lowest BCUT2D eigenvalue weighted by atomic mass is 9.96. The minimum atomic E-state index is -3.48. The normalized spacial score (nSPS) is 21.2. The highest BCUT2D eigenvalue weighted by molar-refractivity contribution is 9.10. The first-order chi connectivity index (χ1) is 11.9. The van der Waals surface area contributed by atoms with E-state index in [0.29, 0.717) is 4.90 Å². The quantitative estimate of drug-likeness (QED) is 0.701. The van der Waals surface area contributed by atoms with E-state index in [4.69, 9.17) is 0 Å². The van der Waals surface area contributed by atoms with E-state index in [1.165, 1.54) is 4.90 Å². The van der Waals surface area contributed by atoms with Crippen molar-refractivity contribution in [2.45, 2.75) is 53.7 Å². The van der Waals surface area contributed by atoms with E-state index in [9.17, 15) is 8.42 Å². The van der Waals surface area contributed by atoms with Crippen LogP contribution in [0.5, 0.6) is 0 Å². The monoisotopic (exact) mass is 439 g/mol. The molecule has 0 heterocycles. The molecule has 0 amide bonds. The van der Waals surface area contributed by atoms with E-state index >= 15 is 0 Å². The molecular weight excluding hydrogens is 418 g/mol. The van der Waals surface area contributed by atoms with Crippen LogP contribution >= 0.6 is 27.7 Å². The molecule has 0 aliphatic heterocycles. The predicted molar refractivity (Wildman–Crippen MR) is 108 cm³/mol. The lowest BCUT2D eigenvalue weighted by Gasteiger charge is -2.31. The molecule has 2 aromatic carbocycles. The molecule has 1 saturated carbocycles. The Morgan fingerprint density at radius 2 is 1.80 bits per heavy atom. The van der Waals surface area contributed by atoms with E-state index < -0.39 is 10.0 Å². The fourth-order valence-electron chi connectivity index (χ4n) is 3.07. The molecule has 1 aliphatic carbocycles. The summed E-state index contributed by atoms with van der Waals surface area (Å²) in [5.41, 5.74) is 1.06. The molecule has 0 saturated heterocycles. The van der Waals surface area contributed by atoms with Crippen molar-refractivity contribution < 1.29 is 8.42 Å². The number of halogens is 1. The van der Waals surface area contributed by atoms with Crippen LogP contribution in [0.1, 0.15) is 31.2 Å². The highest BCUT2D eigenvalue weighted by atomic mass is 79.9. The third kappa shape index (κ3) is 5.09. The third-order valence-electron chi connectivity index (χ3n) is 4.42. The molecule has 1 fully saturated rings. The summed E-state index contributed by atoms with van der Waals surface area (Å²) in [6.45, 7) is 1.95. The molecule has 2 atom stereocenters. The lowest BCUT2D eigenvalue weighted by Crippen LogP contribution is -2.43. The maximum absolute atomic E-state index is 12.7. The van der Waals surface area contributed by atoms with E-state index in [2.05, 4.69) is 32.8 Å². The molecule has 134 valence electrons. The van der Waals surface area contributed by atoms with Crippen molar-refractivity contribution in [2.75, 3.05) is 0 Å². The summed E-state index contributed by atoms with van der Waals surface area (Å²) in [5, 5.41) is 0.253. The smallest absolute Gasteiger partial charge is 0.207 e. The second-order valence-electron chi connectivity index (χ2n) is 6.44. The summed E-state index contributed by atoms with van der Waals surface area (Å²) < 4.78 is 29.5. The second kappa shape index (κ2) is 8.25. The molecule has 1 aliphatic rings. The molecule has 0 radical (unpaired) electrons. The molecular formula is C19H22BrNO2S2. The van der Waals surface area contributed by atoms with Crippen molar-refractivity contribution in [3.63, 3.8) is 0 Å². The fourth-order valence-corrected chi connectivity index (χ4v) is 6.38. The Balaban J connectivity index is 1.75. The van der Waals surface area contributed by atoms with Crippen LogP contribution in [0.3, 0.4) is 0 Å². The average Bonchev–Trinajstić information content (AvgIpc) is 2.57. The molecule has 3 nitrogen and oxygen atoms in total. The second-order valence-corrected chi connectivity index (χ2v) is 10.4. The standard InChI is InChI=1S/C19H22BrNO2S2/c1-14-9-11-17(12-10-14)25(22,23)21-18-7-2-3-8-19(18)24-16-6-4-5-15(20)13-16/h4-6,9-13,18-19,21H,2-3,7-8H2,1H3/t18-,19-/m1/s1. The van der Waals surface area contributed by atoms with Crippen LogP contribution in [0, 0.1) is 6.92 Å². The number of sulfonamides is 1. The summed E-state index contributed by atoms with van der Waals surface area (Å²) in [7, 11) is -3.48. The van der Waals surface area contributed by atoms with Crippen molar-refractivity contribution in [2.24, 2.45) is 0 Å². The van der Waals surface area contributed by atoms with Crippen LogP contribution in [0.2, 0.25) is 0 Å². The van der Waals surface area contributed by atoms with Gasteiger partial charge in [-0.25, -0.2) is 13.1 Å². The number of rotatable bonds is 5. The molecule has 0 aromatic heterocycles. The van der Waals surface area contributed by atoms with Crippen LogP contribution in [0.25, 0.3) is 0 Å². The molecule has 2 aromatic rings. The molecule has 25 heavy (non-hydrogen) atoms. The molecule has 6 heteroatoms. The van der Waals surface area contributed by atoms with Crippen LogP contribution in [-0.2, 0) is 10.0 Å². The van der Waals surface area contributed by atoms with Gasteiger partial charge in [0.15, 0.2) is 0 Å². The zero-order chi connectivity index (χ0) is 17.9. The molecule has 0 unspecified atom stereocenters. The molecule has 0 bridgehead atoms. The number of hydrogen-bond acceptors (Lipinski definition) is 3. The fraction of sp³-hybridized carbons (Fsp3) is 0.368. The number of nitrogens with one attached hydrogen (secondary N) is 1. The Labute approximate surface area is 162 Å². The van der Waals surface area contributed by atoms with Gasteiger partial charge in [0, 0.05) is 20.7 Å². The van der Waals surface area contributed by atoms with Gasteiger partial charge < -0.3 is 0 Å². The van der Waals surface area contributed by atoms with Crippen molar-refractivity contribution >= 4 is 37.7 Å². The van der Waals surface area contributed by atoms with Gasteiger partial charge in [0.05, 0.1) is 4.90 Å². The predicted octanol–water partition coefficient (Wildman–Crippen LogP) is 5.14. The van der Waals surface area contributed by atoms with E-state index in [1.807, 2.05) is 31.2 Å². The molecule has 1 N–H and O–H groups in total. The summed E-state index contributed by atoms with van der Waals surface area (Å²) in [6.07, 6.45) is 4.13. The van der Waals surface area contributed by atoms with Crippen molar-refractivity contribution in [3.8, 4) is 0 Å². The summed E-state index contributed by atoms with van der Waals surface area (Å²) in [5.74, 6) is 0. The Morgan fingerprint density at radius 3 is 2.52 bits per heavy atom. The van der Waals surface area contributed by atoms with Gasteiger partial charge >= 0.3 is 0 Å². The van der Waals surface area contributed by atoms with Crippen LogP contribution in [0.15, 0.2) is 62.8 Å². The Bertz CT molecular complexity index is 822. The topological polar surface area (TPSA) is 46.2 Å². The SMILES string of the molecule is Cc1ccc(S(=O)(=O)N[C@@H]2CCCC[C@H]2Sc2cccc(Br)c2)cc1. The maximum atomic E-state index is 12.7. The van der Waals surface area contributed by atoms with Crippen LogP contribution < -0.4 is 4.72 Å². The first-order valence-corrected chi connectivity index (χ1v) is 11.6. The van der Waals surface area contributed by atoms with Gasteiger partial charge in [-0.2, -0.15) is 0 Å². The molecule has 0 spiro atoms. The van der Waals surface area contributed by atoms with Crippen LogP contribution in [-0.4, -0.2) is 19.7 Å². The van der Waals surface area contributed by atoms with E-state index in [0.717, 1.165) is 35.7 Å². The van der Waals surface area contributed by atoms with Crippen molar-refractivity contribution in [3.05, 3.63) is 58.6 Å². The summed E-state index contributed by atoms with van der Waals surface area (Å²) in [4.78, 5) is 1.51. The van der Waals surface area contributed by atoms with Gasteiger partial charge in [-0.1, -0.05) is 52.5 Å². The molecule has 3 rings (SSSR count). The summed E-state index contributed by atoms with van der Waals surface area (Å²) >= 11 is 5.27. The maximum Gasteiger partial charge on any atom is 0.240 e. The highest BCUT2D eigenvalue weighted by Gasteiger charge is 2.30. The average molecular weight is 440 g/mol. The Morgan fingerprint density at radius 1 is 1.08 bits per heavy atom. The number of hydrogen-bond donors (Lipinski definition) is 1. The first-order valence-electron chi connectivity index (χ1n) is 8.45. The number of aryl methyl sites for hydroxylation is 1. The van der Waals surface area contributed by atoms with Gasteiger partial charge in [-0.3, -0.25) is 0 Å². The van der Waals surface area contributed by atoms with Crippen LogP contribution in [0.4, 0.5) is 0 Å². The Hall–Kier alpha value is -0.820. The zero-order valence-corrected chi connectivity index (χ0v) is 17.3. The van der Waals surface area contributed by atoms with Gasteiger partial charge in [0.25, 0.3) is 0 Å². The van der Waals surface area contributed by atoms with Gasteiger partial charge in [0.1, 0.15) is 0 Å². The first kappa shape index (κ1) is 19.0. The van der Waals surface area contributed by atoms with Crippen molar-refractivity contribution in [1.29, 1.82) is 0 Å². The zero-order valence-electron chi connectivity index (χ0n) is 14.1. The van der Waals surface area contributed by atoms with Gasteiger partial charge in [0.2, 0.25) is 10.0 Å². The Kier molecular flexibility index (Phi) is 6.25. The van der Waals surface area contributed by atoms with E-state index in [1.54, 1.807) is 23.9 Å². The summed E-state index contributed by atoms with van der Waals surface area (Å²) in [6, 6.07) is 15.2.